The van der Waals surface area contributed by atoms with Gasteiger partial charge in [-0.1, -0.05) is 66.2 Å². The number of carbonyl (C=O) groups excluding carboxylic acids is 3. The second-order valence-corrected chi connectivity index (χ2v) is 12.9. The van der Waals surface area contributed by atoms with E-state index in [0.29, 0.717) is 17.9 Å². The monoisotopic (exact) mass is 658 g/mol. The Morgan fingerprint density at radius 3 is 1.78 bits per heavy atom. The van der Waals surface area contributed by atoms with E-state index in [2.05, 4.69) is 27.7 Å². The Balaban J connectivity index is 0.000000966. The van der Waals surface area contributed by atoms with Crippen LogP contribution in [0.2, 0.25) is 0 Å². The summed E-state index contributed by atoms with van der Waals surface area (Å²) in [6.07, 6.45) is 6.58. The predicted octanol–water partition coefficient (Wildman–Crippen LogP) is 4.16. The molecule has 0 saturated heterocycles. The minimum Gasteiger partial charge on any atom is -0.747 e. The molecule has 1 aromatic carbocycles. The first-order valence-corrected chi connectivity index (χ1v) is 18.0. The second-order valence-electron chi connectivity index (χ2n) is 11.3. The van der Waals surface area contributed by atoms with Gasteiger partial charge in [0.15, 0.2) is 5.25 Å². The number of ether oxygens (including phenoxy) is 3. The number of anilines is 1. The molecule has 0 aromatic heterocycles. The average molecular weight is 659 g/mol. The number of hydrogen-bond acceptors (Lipinski definition) is 10. The molecule has 0 radical (unpaired) electrons. The van der Waals surface area contributed by atoms with Gasteiger partial charge in [-0.25, -0.2) is 13.2 Å². The van der Waals surface area contributed by atoms with Crippen molar-refractivity contribution in [1.82, 2.24) is 0 Å². The lowest BCUT2D eigenvalue weighted by Crippen LogP contribution is -3.11. The normalized spacial score (nSPS) is 13.2. The average Bonchev–Trinajstić information content (AvgIpc) is 3.02. The quantitative estimate of drug-likeness (QED) is 0.0799. The maximum atomic E-state index is 12.1. The van der Waals surface area contributed by atoms with E-state index in [0.717, 1.165) is 71.0 Å². The highest BCUT2D eigenvalue weighted by Crippen LogP contribution is 2.17. The van der Waals surface area contributed by atoms with Crippen molar-refractivity contribution in [2.24, 2.45) is 11.8 Å². The Kier molecular flexibility index (Phi) is 23.1. The van der Waals surface area contributed by atoms with Gasteiger partial charge in [-0.3, -0.25) is 9.59 Å². The molecule has 1 aromatic rings. The molecule has 0 bridgehead atoms. The van der Waals surface area contributed by atoms with Gasteiger partial charge in [-0.05, 0) is 62.8 Å². The smallest absolute Gasteiger partial charge is 0.338 e. The van der Waals surface area contributed by atoms with Gasteiger partial charge in [0.05, 0.1) is 38.3 Å². The molecule has 11 nitrogen and oxygen atoms in total. The zero-order chi connectivity index (χ0) is 34.3. The molecule has 1 rings (SSSR count). The molecule has 0 spiro atoms. The number of carbonyl (C=O) groups is 3. The third kappa shape index (κ3) is 19.4. The van der Waals surface area contributed by atoms with Gasteiger partial charge in [0.1, 0.15) is 23.3 Å². The molecule has 3 atom stereocenters. The molecule has 0 aliphatic carbocycles. The summed E-state index contributed by atoms with van der Waals surface area (Å²) in [6, 6.07) is 6.77. The molecule has 260 valence electrons. The first kappa shape index (κ1) is 42.3. The number of esters is 3. The SMILES string of the molecule is CCCCC(CC)COC(=O)CC(C(=O)OCC(CC)CCCC)S(=O)(=O)[O-].CC[NH+](CC)CCOC(=O)c1ccc(N)cc1. The maximum Gasteiger partial charge on any atom is 0.338 e. The zero-order valence-corrected chi connectivity index (χ0v) is 29.1. The Morgan fingerprint density at radius 1 is 0.822 bits per heavy atom. The van der Waals surface area contributed by atoms with Crippen molar-refractivity contribution >= 4 is 33.7 Å². The highest BCUT2D eigenvalue weighted by atomic mass is 32.2. The first-order valence-electron chi connectivity index (χ1n) is 16.5. The lowest BCUT2D eigenvalue weighted by atomic mass is 10.0. The van der Waals surface area contributed by atoms with Gasteiger partial charge < -0.3 is 29.4 Å². The summed E-state index contributed by atoms with van der Waals surface area (Å²) in [4.78, 5) is 37.2. The lowest BCUT2D eigenvalue weighted by molar-refractivity contribution is -0.896. The fourth-order valence-electron chi connectivity index (χ4n) is 4.41. The maximum absolute atomic E-state index is 12.1. The number of nitrogens with one attached hydrogen (secondary N) is 1. The minimum absolute atomic E-state index is 0.0470. The van der Waals surface area contributed by atoms with Crippen LogP contribution in [0.4, 0.5) is 5.69 Å². The number of likely N-dealkylation sites (N-methyl/N-ethyl adjacent to an activating group) is 1. The Morgan fingerprint density at radius 2 is 1.33 bits per heavy atom. The van der Waals surface area contributed by atoms with Crippen LogP contribution in [0.25, 0.3) is 0 Å². The van der Waals surface area contributed by atoms with E-state index in [-0.39, 0.29) is 31.0 Å². The van der Waals surface area contributed by atoms with Crippen molar-refractivity contribution in [3.63, 3.8) is 0 Å². The standard InChI is InChI=1S/C20H38O7S.C13H20N2O2/c1-5-9-11-16(7-3)14-26-19(21)13-18(28(23,24)25)20(22)27-15-17(8-4)12-10-6-2;1-3-15(4-2)9-10-17-13(16)11-5-7-12(14)8-6-11/h16-18H,5-15H2,1-4H3,(H,23,24,25);5-8H,3-4,9-10,14H2,1-2H3. The molecule has 0 aliphatic rings. The van der Waals surface area contributed by atoms with Crippen molar-refractivity contribution < 1.29 is 46.5 Å². The van der Waals surface area contributed by atoms with E-state index in [9.17, 15) is 27.4 Å². The van der Waals surface area contributed by atoms with E-state index >= 15 is 0 Å². The molecule has 0 fully saturated rings. The molecule has 3 unspecified atom stereocenters. The molecule has 45 heavy (non-hydrogen) atoms. The number of nitrogen functional groups attached to an aromatic ring is 1. The van der Waals surface area contributed by atoms with Crippen molar-refractivity contribution in [3.8, 4) is 0 Å². The van der Waals surface area contributed by atoms with Crippen LogP contribution in [0.5, 0.6) is 0 Å². The fraction of sp³-hybridized carbons (Fsp3) is 0.727. The van der Waals surface area contributed by atoms with Gasteiger partial charge in [-0.15, -0.1) is 0 Å². The van der Waals surface area contributed by atoms with Crippen molar-refractivity contribution in [2.45, 2.75) is 105 Å². The highest BCUT2D eigenvalue weighted by molar-refractivity contribution is 7.87. The van der Waals surface area contributed by atoms with Crippen LogP contribution in [-0.4, -0.2) is 75.6 Å². The molecule has 0 amide bonds. The van der Waals surface area contributed by atoms with Crippen LogP contribution in [-0.2, 0) is 33.9 Å². The van der Waals surface area contributed by atoms with Crippen molar-refractivity contribution in [1.29, 1.82) is 0 Å². The van der Waals surface area contributed by atoms with E-state index in [4.69, 9.17) is 19.9 Å². The van der Waals surface area contributed by atoms with Crippen LogP contribution < -0.4 is 10.6 Å². The highest BCUT2D eigenvalue weighted by Gasteiger charge is 2.31. The van der Waals surface area contributed by atoms with Crippen LogP contribution in [0.15, 0.2) is 24.3 Å². The van der Waals surface area contributed by atoms with Gasteiger partial charge in [0.25, 0.3) is 0 Å². The summed E-state index contributed by atoms with van der Waals surface area (Å²) >= 11 is 0. The largest absolute Gasteiger partial charge is 0.747 e. The van der Waals surface area contributed by atoms with Crippen LogP contribution in [0, 0.1) is 11.8 Å². The summed E-state index contributed by atoms with van der Waals surface area (Å²) in [7, 11) is -5.01. The predicted molar refractivity (Wildman–Crippen MR) is 175 cm³/mol. The summed E-state index contributed by atoms with van der Waals surface area (Å²) in [5.41, 5.74) is 6.74. The third-order valence-electron chi connectivity index (χ3n) is 7.83. The van der Waals surface area contributed by atoms with Crippen LogP contribution in [0.3, 0.4) is 0 Å². The van der Waals surface area contributed by atoms with E-state index in [1.807, 2.05) is 13.8 Å². The zero-order valence-electron chi connectivity index (χ0n) is 28.3. The molecule has 0 saturated carbocycles. The van der Waals surface area contributed by atoms with Crippen molar-refractivity contribution in [2.75, 3.05) is 45.2 Å². The second kappa shape index (κ2) is 24.5. The Bertz CT molecular complexity index is 1060. The lowest BCUT2D eigenvalue weighted by Gasteiger charge is -2.21. The van der Waals surface area contributed by atoms with Gasteiger partial charge in [-0.2, -0.15) is 0 Å². The Labute approximate surface area is 271 Å². The molecular formula is C33H58N2O9S. The van der Waals surface area contributed by atoms with E-state index in [1.54, 1.807) is 24.3 Å². The molecule has 3 N–H and O–H groups in total. The molecule has 0 aliphatic heterocycles. The van der Waals surface area contributed by atoms with Crippen LogP contribution in [0.1, 0.15) is 110 Å². The summed E-state index contributed by atoms with van der Waals surface area (Å²) in [6.45, 7) is 15.9. The molecule has 12 heteroatoms. The minimum atomic E-state index is -5.01. The first-order chi connectivity index (χ1) is 21.4. The van der Waals surface area contributed by atoms with Crippen LogP contribution >= 0.6 is 0 Å². The summed E-state index contributed by atoms with van der Waals surface area (Å²) in [5, 5.41) is -2.06. The van der Waals surface area contributed by atoms with E-state index < -0.39 is 33.7 Å². The summed E-state index contributed by atoms with van der Waals surface area (Å²) in [5.74, 6) is -2.03. The van der Waals surface area contributed by atoms with Crippen molar-refractivity contribution in [3.05, 3.63) is 29.8 Å². The topological polar surface area (TPSA) is 167 Å². The third-order valence-corrected chi connectivity index (χ3v) is 8.88. The number of unbranched alkanes of at least 4 members (excludes halogenated alkanes) is 2. The number of quaternary nitrogens is 1. The number of benzene rings is 1. The molecular weight excluding hydrogens is 600 g/mol. The van der Waals surface area contributed by atoms with Gasteiger partial charge >= 0.3 is 17.9 Å². The number of rotatable bonds is 22. The van der Waals surface area contributed by atoms with E-state index in [1.165, 1.54) is 4.90 Å². The number of nitrogens with two attached hydrogens (primary N) is 1. The molecule has 0 heterocycles. The summed E-state index contributed by atoms with van der Waals surface area (Å²) < 4.78 is 49.8. The Hall–Kier alpha value is -2.70. The fourth-order valence-corrected chi connectivity index (χ4v) is 5.05. The number of hydrogen-bond donors (Lipinski definition) is 2. The van der Waals surface area contributed by atoms with Gasteiger partial charge in [0.2, 0.25) is 0 Å². The van der Waals surface area contributed by atoms with Gasteiger partial charge in [0, 0.05) is 5.69 Å².